The van der Waals surface area contributed by atoms with E-state index >= 15 is 0 Å². The van der Waals surface area contributed by atoms with E-state index in [1.54, 1.807) is 12.1 Å². The molecular formula is C26H32F2O3. The molecule has 0 atom stereocenters. The van der Waals surface area contributed by atoms with Crippen LogP contribution in [0, 0.1) is 17.6 Å². The lowest BCUT2D eigenvalue weighted by Crippen LogP contribution is -2.16. The molecule has 0 unspecified atom stereocenters. The first-order valence-electron chi connectivity index (χ1n) is 11.5. The quantitative estimate of drug-likeness (QED) is 0.236. The lowest BCUT2D eigenvalue weighted by atomic mass is 9.77. The van der Waals surface area contributed by atoms with Gasteiger partial charge in [0, 0.05) is 0 Å². The lowest BCUT2D eigenvalue weighted by molar-refractivity contribution is 0.0724. The summed E-state index contributed by atoms with van der Waals surface area (Å²) in [6, 6.07) is 8.96. The molecule has 1 fully saturated rings. The van der Waals surface area contributed by atoms with Gasteiger partial charge in [0.2, 0.25) is 0 Å². The van der Waals surface area contributed by atoms with Crippen LogP contribution in [0.3, 0.4) is 0 Å². The fourth-order valence-corrected chi connectivity index (χ4v) is 4.42. The highest BCUT2D eigenvalue weighted by molar-refractivity contribution is 5.91. The van der Waals surface area contributed by atoms with Crippen molar-refractivity contribution in [3.05, 3.63) is 59.2 Å². The Morgan fingerprint density at radius 3 is 2.13 bits per heavy atom. The Labute approximate surface area is 183 Å². The predicted octanol–water partition coefficient (Wildman–Crippen LogP) is 7.44. The second-order valence-electron chi connectivity index (χ2n) is 8.37. The van der Waals surface area contributed by atoms with Crippen molar-refractivity contribution in [3.63, 3.8) is 0 Å². The van der Waals surface area contributed by atoms with Gasteiger partial charge in [0.15, 0.2) is 0 Å². The summed E-state index contributed by atoms with van der Waals surface area (Å²) in [6.07, 6.45) is 9.07. The average Bonchev–Trinajstić information content (AvgIpc) is 2.75. The minimum atomic E-state index is -1.04. The maximum absolute atomic E-state index is 14.7. The number of rotatable bonds is 9. The lowest BCUT2D eigenvalue weighted by Gasteiger charge is -2.29. The average molecular weight is 431 g/mol. The van der Waals surface area contributed by atoms with Gasteiger partial charge in [-0.25, -0.2) is 13.6 Å². The van der Waals surface area contributed by atoms with Gasteiger partial charge >= 0.3 is 5.97 Å². The zero-order chi connectivity index (χ0) is 22.2. The number of carbonyl (C=O) groups is 1. The normalized spacial score (nSPS) is 18.6. The highest BCUT2D eigenvalue weighted by atomic mass is 19.1. The molecule has 0 aliphatic heterocycles. The van der Waals surface area contributed by atoms with E-state index in [0.29, 0.717) is 17.9 Å². The molecule has 3 nitrogen and oxygen atoms in total. The fraction of sp³-hybridized carbons (Fsp3) is 0.500. The second kappa shape index (κ2) is 11.3. The van der Waals surface area contributed by atoms with Crippen molar-refractivity contribution in [2.24, 2.45) is 5.92 Å². The van der Waals surface area contributed by atoms with Crippen LogP contribution >= 0.6 is 0 Å². The maximum atomic E-state index is 14.7. The molecule has 0 spiro atoms. The molecule has 2 aromatic carbocycles. The van der Waals surface area contributed by atoms with Crippen molar-refractivity contribution in [1.82, 2.24) is 0 Å². The van der Waals surface area contributed by atoms with Gasteiger partial charge in [0.05, 0.1) is 6.61 Å². The molecule has 2 aromatic rings. The third-order valence-corrected chi connectivity index (χ3v) is 6.15. The number of unbranched alkanes of at least 4 members (excludes halogenated alkanes) is 2. The highest BCUT2D eigenvalue weighted by Gasteiger charge is 2.26. The van der Waals surface area contributed by atoms with Crippen LogP contribution < -0.4 is 9.47 Å². The Bertz CT molecular complexity index is 832. The van der Waals surface area contributed by atoms with Crippen molar-refractivity contribution in [3.8, 4) is 11.5 Å². The molecule has 1 aliphatic rings. The standard InChI is InChI=1S/C26H32F2O3/c1-3-5-6-7-18-8-10-19(11-9-18)20-16-23(27)25(24(28)17-20)26(29)31-22-14-12-21(13-15-22)30-4-2/h12-19H,3-11H2,1-2H3/t18-,19-. The van der Waals surface area contributed by atoms with E-state index in [1.165, 1.54) is 49.9 Å². The summed E-state index contributed by atoms with van der Waals surface area (Å²) in [5.41, 5.74) is -0.00879. The monoisotopic (exact) mass is 430 g/mol. The molecule has 168 valence electrons. The first-order valence-corrected chi connectivity index (χ1v) is 11.5. The summed E-state index contributed by atoms with van der Waals surface area (Å²) >= 11 is 0. The molecular weight excluding hydrogens is 398 g/mol. The van der Waals surface area contributed by atoms with Crippen LogP contribution in [-0.2, 0) is 0 Å². The third kappa shape index (κ3) is 6.28. The Hall–Kier alpha value is -2.43. The van der Waals surface area contributed by atoms with E-state index in [9.17, 15) is 13.6 Å². The summed E-state index contributed by atoms with van der Waals surface area (Å²) < 4.78 is 39.9. The van der Waals surface area contributed by atoms with Crippen LogP contribution in [0.25, 0.3) is 0 Å². The van der Waals surface area contributed by atoms with E-state index in [0.717, 1.165) is 31.6 Å². The summed E-state index contributed by atoms with van der Waals surface area (Å²) in [5.74, 6) is -1.07. The molecule has 31 heavy (non-hydrogen) atoms. The Balaban J connectivity index is 1.63. The topological polar surface area (TPSA) is 35.5 Å². The van der Waals surface area contributed by atoms with Gasteiger partial charge in [-0.05, 0) is 86.4 Å². The Kier molecular flexibility index (Phi) is 8.44. The highest BCUT2D eigenvalue weighted by Crippen LogP contribution is 2.38. The van der Waals surface area contributed by atoms with Crippen LogP contribution in [0.4, 0.5) is 8.78 Å². The zero-order valence-corrected chi connectivity index (χ0v) is 18.5. The minimum Gasteiger partial charge on any atom is -0.494 e. The number of ether oxygens (including phenoxy) is 2. The van der Waals surface area contributed by atoms with Crippen molar-refractivity contribution >= 4 is 5.97 Å². The van der Waals surface area contributed by atoms with E-state index < -0.39 is 23.2 Å². The van der Waals surface area contributed by atoms with Crippen molar-refractivity contribution in [1.29, 1.82) is 0 Å². The van der Waals surface area contributed by atoms with E-state index in [-0.39, 0.29) is 11.7 Å². The van der Waals surface area contributed by atoms with Gasteiger partial charge in [-0.15, -0.1) is 0 Å². The van der Waals surface area contributed by atoms with Crippen LogP contribution in [-0.4, -0.2) is 12.6 Å². The number of benzene rings is 2. The SMILES string of the molecule is CCCCC[C@H]1CC[C@H](c2cc(F)c(C(=O)Oc3ccc(OCC)cc3)c(F)c2)CC1. The molecule has 1 saturated carbocycles. The minimum absolute atomic E-state index is 0.141. The smallest absolute Gasteiger partial charge is 0.349 e. The molecule has 0 amide bonds. The van der Waals surface area contributed by atoms with E-state index in [2.05, 4.69) is 6.92 Å². The van der Waals surface area contributed by atoms with Crippen LogP contribution in [0.2, 0.25) is 0 Å². The third-order valence-electron chi connectivity index (χ3n) is 6.15. The number of hydrogen-bond acceptors (Lipinski definition) is 3. The number of carbonyl (C=O) groups excluding carboxylic acids is 1. The van der Waals surface area contributed by atoms with Crippen molar-refractivity contribution in [2.45, 2.75) is 71.1 Å². The molecule has 0 aromatic heterocycles. The number of esters is 1. The van der Waals surface area contributed by atoms with Crippen molar-refractivity contribution < 1.29 is 23.0 Å². The van der Waals surface area contributed by atoms with E-state index in [1.807, 2.05) is 6.92 Å². The van der Waals surface area contributed by atoms with Gasteiger partial charge in [-0.2, -0.15) is 0 Å². The Morgan fingerprint density at radius 1 is 0.935 bits per heavy atom. The second-order valence-corrected chi connectivity index (χ2v) is 8.37. The fourth-order valence-electron chi connectivity index (χ4n) is 4.42. The molecule has 0 N–H and O–H groups in total. The molecule has 0 radical (unpaired) electrons. The molecule has 5 heteroatoms. The molecule has 3 rings (SSSR count). The first-order chi connectivity index (χ1) is 15.0. The van der Waals surface area contributed by atoms with Crippen LogP contribution in [0.15, 0.2) is 36.4 Å². The van der Waals surface area contributed by atoms with Gasteiger partial charge in [0.1, 0.15) is 28.7 Å². The van der Waals surface area contributed by atoms with Crippen LogP contribution in [0.5, 0.6) is 11.5 Å². The molecule has 0 saturated heterocycles. The summed E-state index contributed by atoms with van der Waals surface area (Å²) in [4.78, 5) is 12.4. The Morgan fingerprint density at radius 2 is 1.55 bits per heavy atom. The van der Waals surface area contributed by atoms with Crippen molar-refractivity contribution in [2.75, 3.05) is 6.61 Å². The maximum Gasteiger partial charge on any atom is 0.349 e. The molecule has 0 bridgehead atoms. The van der Waals surface area contributed by atoms with E-state index in [4.69, 9.17) is 9.47 Å². The van der Waals surface area contributed by atoms with Gasteiger partial charge in [0.25, 0.3) is 0 Å². The number of halogens is 2. The zero-order valence-electron chi connectivity index (χ0n) is 18.5. The summed E-state index contributed by atoms with van der Waals surface area (Å²) in [7, 11) is 0. The van der Waals surface area contributed by atoms with Gasteiger partial charge in [-0.1, -0.05) is 32.6 Å². The van der Waals surface area contributed by atoms with Gasteiger partial charge < -0.3 is 9.47 Å². The molecule has 1 aliphatic carbocycles. The first kappa shape index (κ1) is 23.2. The largest absolute Gasteiger partial charge is 0.494 e. The number of hydrogen-bond donors (Lipinski definition) is 0. The summed E-state index contributed by atoms with van der Waals surface area (Å²) in [5, 5.41) is 0. The summed E-state index contributed by atoms with van der Waals surface area (Å²) in [6.45, 7) is 4.59. The van der Waals surface area contributed by atoms with Gasteiger partial charge in [-0.3, -0.25) is 0 Å². The molecule has 0 heterocycles. The predicted molar refractivity (Wildman–Crippen MR) is 118 cm³/mol. The van der Waals surface area contributed by atoms with Crippen LogP contribution in [0.1, 0.15) is 87.1 Å².